The van der Waals surface area contributed by atoms with E-state index in [9.17, 15) is 0 Å². The fraction of sp³-hybridized carbons (Fsp3) is 0.111. The van der Waals surface area contributed by atoms with Crippen molar-refractivity contribution in [3.63, 3.8) is 0 Å². The Morgan fingerprint density at radius 3 is 2.58 bits per heavy atom. The van der Waals surface area contributed by atoms with E-state index in [4.69, 9.17) is 0 Å². The van der Waals surface area contributed by atoms with Crippen LogP contribution in [0.5, 0.6) is 0 Å². The maximum atomic E-state index is 3.90. The largest absolute Gasteiger partial charge is 0.221 e. The first kappa shape index (κ1) is 7.03. The number of aromatic nitrogens is 3. The van der Waals surface area contributed by atoms with Gasteiger partial charge in [0, 0.05) is 0 Å². The van der Waals surface area contributed by atoms with Gasteiger partial charge in [-0.2, -0.15) is 0 Å². The lowest BCUT2D eigenvalue weighted by atomic mass is 10.2. The molecule has 0 bridgehead atoms. The SMILES string of the molecule is Cc1ccc(-n2cn[c]n2)cc1. The molecule has 59 valence electrons. The number of hydrogen-bond acceptors (Lipinski definition) is 2. The zero-order valence-corrected chi connectivity index (χ0v) is 6.73. The standard InChI is InChI=1S/C9H8N3/c1-8-2-4-9(5-3-8)12-7-10-6-11-12/h2-5,7H,1H3. The van der Waals surface area contributed by atoms with Gasteiger partial charge in [0.25, 0.3) is 0 Å². The third-order valence-corrected chi connectivity index (χ3v) is 1.68. The van der Waals surface area contributed by atoms with Crippen LogP contribution in [0.3, 0.4) is 0 Å². The number of benzene rings is 1. The quantitative estimate of drug-likeness (QED) is 0.627. The number of rotatable bonds is 1. The smallest absolute Gasteiger partial charge is 0.220 e. The predicted molar refractivity (Wildman–Crippen MR) is 44.9 cm³/mol. The van der Waals surface area contributed by atoms with E-state index in [0.717, 1.165) is 5.69 Å². The van der Waals surface area contributed by atoms with Gasteiger partial charge in [-0.3, -0.25) is 0 Å². The predicted octanol–water partition coefficient (Wildman–Crippen LogP) is 1.38. The Morgan fingerprint density at radius 1 is 1.25 bits per heavy atom. The highest BCUT2D eigenvalue weighted by atomic mass is 15.3. The summed E-state index contributed by atoms with van der Waals surface area (Å²) in [5, 5.41) is 3.90. The van der Waals surface area contributed by atoms with E-state index in [1.807, 2.05) is 24.3 Å². The van der Waals surface area contributed by atoms with Gasteiger partial charge in [-0.25, -0.2) is 9.67 Å². The highest BCUT2D eigenvalue weighted by Gasteiger charge is 1.94. The van der Waals surface area contributed by atoms with Crippen LogP contribution < -0.4 is 0 Å². The van der Waals surface area contributed by atoms with Crippen LogP contribution in [0.1, 0.15) is 5.56 Å². The van der Waals surface area contributed by atoms with Gasteiger partial charge in [0.1, 0.15) is 6.33 Å². The number of aryl methyl sites for hydroxylation is 1. The monoisotopic (exact) mass is 158 g/mol. The number of hydrogen-bond donors (Lipinski definition) is 0. The average molecular weight is 158 g/mol. The first-order chi connectivity index (χ1) is 5.86. The minimum absolute atomic E-state index is 1.01. The van der Waals surface area contributed by atoms with Crippen LogP contribution in [0.4, 0.5) is 0 Å². The van der Waals surface area contributed by atoms with Crippen LogP contribution in [-0.2, 0) is 0 Å². The maximum absolute atomic E-state index is 3.90. The fourth-order valence-corrected chi connectivity index (χ4v) is 1.00. The second-order valence-corrected chi connectivity index (χ2v) is 2.62. The Bertz CT molecular complexity index is 348. The van der Waals surface area contributed by atoms with E-state index in [-0.39, 0.29) is 0 Å². The highest BCUT2D eigenvalue weighted by Crippen LogP contribution is 2.05. The third-order valence-electron chi connectivity index (χ3n) is 1.68. The van der Waals surface area contributed by atoms with Crippen LogP contribution in [-0.4, -0.2) is 14.8 Å². The molecule has 0 fully saturated rings. The molecule has 1 aromatic heterocycles. The molecule has 2 rings (SSSR count). The van der Waals surface area contributed by atoms with Crippen molar-refractivity contribution in [1.82, 2.24) is 14.8 Å². The van der Waals surface area contributed by atoms with E-state index in [1.165, 1.54) is 5.56 Å². The van der Waals surface area contributed by atoms with Gasteiger partial charge < -0.3 is 0 Å². The molecule has 0 saturated heterocycles. The molecule has 0 saturated carbocycles. The molecule has 0 aliphatic carbocycles. The molecule has 12 heavy (non-hydrogen) atoms. The molecule has 0 amide bonds. The van der Waals surface area contributed by atoms with Gasteiger partial charge in [-0.15, -0.1) is 5.10 Å². The Hall–Kier alpha value is -1.64. The molecular formula is C9H8N3. The molecule has 0 atom stereocenters. The molecule has 0 aliphatic heterocycles. The van der Waals surface area contributed by atoms with Gasteiger partial charge in [-0.05, 0) is 19.1 Å². The third kappa shape index (κ3) is 1.21. The van der Waals surface area contributed by atoms with Crippen LogP contribution in [0.15, 0.2) is 30.6 Å². The van der Waals surface area contributed by atoms with E-state index in [1.54, 1.807) is 11.0 Å². The van der Waals surface area contributed by atoms with Gasteiger partial charge >= 0.3 is 0 Å². The van der Waals surface area contributed by atoms with E-state index < -0.39 is 0 Å². The average Bonchev–Trinajstić information content (AvgIpc) is 2.58. The number of nitrogens with zero attached hydrogens (tertiary/aromatic N) is 3. The van der Waals surface area contributed by atoms with Crippen molar-refractivity contribution in [1.29, 1.82) is 0 Å². The van der Waals surface area contributed by atoms with Gasteiger partial charge in [-0.1, -0.05) is 17.7 Å². The molecule has 1 heterocycles. The zero-order chi connectivity index (χ0) is 8.39. The summed E-state index contributed by atoms with van der Waals surface area (Å²) in [4.78, 5) is 3.75. The minimum atomic E-state index is 1.01. The molecule has 0 aliphatic rings. The van der Waals surface area contributed by atoms with Crippen molar-refractivity contribution in [2.75, 3.05) is 0 Å². The fourth-order valence-electron chi connectivity index (χ4n) is 1.00. The molecule has 2 aromatic rings. The van der Waals surface area contributed by atoms with Crippen LogP contribution in [0, 0.1) is 13.3 Å². The minimum Gasteiger partial charge on any atom is -0.220 e. The maximum Gasteiger partial charge on any atom is 0.221 e. The van der Waals surface area contributed by atoms with Crippen molar-refractivity contribution in [2.45, 2.75) is 6.92 Å². The molecule has 3 nitrogen and oxygen atoms in total. The lowest BCUT2D eigenvalue weighted by Gasteiger charge is -1.98. The Morgan fingerprint density at radius 2 is 2.00 bits per heavy atom. The van der Waals surface area contributed by atoms with E-state index >= 15 is 0 Å². The lowest BCUT2D eigenvalue weighted by molar-refractivity contribution is 0.875. The van der Waals surface area contributed by atoms with Gasteiger partial charge in [0.15, 0.2) is 0 Å². The summed E-state index contributed by atoms with van der Waals surface area (Å²) in [6, 6.07) is 8.07. The van der Waals surface area contributed by atoms with E-state index in [2.05, 4.69) is 23.3 Å². The summed E-state index contributed by atoms with van der Waals surface area (Å²) in [5.74, 6) is 0. The molecule has 0 spiro atoms. The van der Waals surface area contributed by atoms with Crippen molar-refractivity contribution < 1.29 is 0 Å². The summed E-state index contributed by atoms with van der Waals surface area (Å²) in [7, 11) is 0. The summed E-state index contributed by atoms with van der Waals surface area (Å²) >= 11 is 0. The summed E-state index contributed by atoms with van der Waals surface area (Å²) in [6.07, 6.45) is 4.14. The van der Waals surface area contributed by atoms with Crippen LogP contribution >= 0.6 is 0 Å². The van der Waals surface area contributed by atoms with Crippen molar-refractivity contribution in [2.24, 2.45) is 0 Å². The van der Waals surface area contributed by atoms with E-state index in [0.29, 0.717) is 0 Å². The molecule has 1 aromatic carbocycles. The first-order valence-electron chi connectivity index (χ1n) is 3.71. The highest BCUT2D eigenvalue weighted by molar-refractivity contribution is 5.32. The Labute approximate surface area is 70.7 Å². The van der Waals surface area contributed by atoms with Crippen molar-refractivity contribution >= 4 is 0 Å². The molecule has 0 unspecified atom stereocenters. The lowest BCUT2D eigenvalue weighted by Crippen LogP contribution is -1.93. The van der Waals surface area contributed by atoms with Crippen molar-refractivity contribution in [3.8, 4) is 5.69 Å². The zero-order valence-electron chi connectivity index (χ0n) is 6.73. The summed E-state index contributed by atoms with van der Waals surface area (Å²) in [5.41, 5.74) is 2.25. The molecule has 1 radical (unpaired) electrons. The second-order valence-electron chi connectivity index (χ2n) is 2.62. The molecule has 0 N–H and O–H groups in total. The van der Waals surface area contributed by atoms with Gasteiger partial charge in [0.05, 0.1) is 5.69 Å². The summed E-state index contributed by atoms with van der Waals surface area (Å²) < 4.78 is 1.68. The van der Waals surface area contributed by atoms with Crippen molar-refractivity contribution in [3.05, 3.63) is 42.5 Å². The Balaban J connectivity index is 2.43. The van der Waals surface area contributed by atoms with Gasteiger partial charge in [0.2, 0.25) is 6.33 Å². The second kappa shape index (κ2) is 2.77. The summed E-state index contributed by atoms with van der Waals surface area (Å²) in [6.45, 7) is 2.05. The van der Waals surface area contributed by atoms with Crippen LogP contribution in [0.2, 0.25) is 0 Å². The Kier molecular flexibility index (Phi) is 1.63. The topological polar surface area (TPSA) is 30.7 Å². The molecule has 3 heteroatoms. The first-order valence-corrected chi connectivity index (χ1v) is 3.71. The van der Waals surface area contributed by atoms with Crippen LogP contribution in [0.25, 0.3) is 5.69 Å². The molecular weight excluding hydrogens is 150 g/mol. The normalized spacial score (nSPS) is 10.1.